The number of rotatable bonds is 10. The molecule has 11 heteroatoms. The van der Waals surface area contributed by atoms with Gasteiger partial charge >= 0.3 is 6.09 Å². The third-order valence-electron chi connectivity index (χ3n) is 5.06. The van der Waals surface area contributed by atoms with E-state index in [1.54, 1.807) is 19.9 Å². The summed E-state index contributed by atoms with van der Waals surface area (Å²) in [7, 11) is 0. The first kappa shape index (κ1) is 27.3. The lowest BCUT2D eigenvalue weighted by molar-refractivity contribution is -0.121. The van der Waals surface area contributed by atoms with Crippen LogP contribution in [-0.2, 0) is 16.1 Å². The van der Waals surface area contributed by atoms with Crippen LogP contribution in [0, 0.1) is 11.6 Å². The summed E-state index contributed by atoms with van der Waals surface area (Å²) in [5, 5.41) is 19.8. The van der Waals surface area contributed by atoms with Gasteiger partial charge in [0.25, 0.3) is 0 Å². The monoisotopic (exact) mass is 520 g/mol. The highest BCUT2D eigenvalue weighted by Crippen LogP contribution is 2.19. The summed E-state index contributed by atoms with van der Waals surface area (Å²) in [4.78, 5) is 28.8. The van der Waals surface area contributed by atoms with Crippen molar-refractivity contribution in [2.24, 2.45) is 0 Å². The first-order valence-electron chi connectivity index (χ1n) is 11.1. The normalized spacial score (nSPS) is 12.3. The first-order chi connectivity index (χ1) is 17.0. The quantitative estimate of drug-likeness (QED) is 0.319. The standard InChI is InChI=1S/C25H27ClF2N4O4/c1-25(2,35)10-20(31-23(33)13-29-11-16-4-6-19(28)9-21(16)26)14-36-24(34)32-22-8-17-7-18(27)5-3-15(17)12-30-22/h3-9,12,20,29,35H,10-11,13-14H2,1-2H3,(H,31,33)(H,30,32,34)/t20-/m0/s1. The number of nitrogens with one attached hydrogen (secondary N) is 3. The third-order valence-corrected chi connectivity index (χ3v) is 5.41. The van der Waals surface area contributed by atoms with Gasteiger partial charge in [0.15, 0.2) is 0 Å². The predicted molar refractivity (Wildman–Crippen MR) is 133 cm³/mol. The topological polar surface area (TPSA) is 113 Å². The van der Waals surface area contributed by atoms with Crippen molar-refractivity contribution in [3.63, 3.8) is 0 Å². The lowest BCUT2D eigenvalue weighted by Crippen LogP contribution is -2.46. The predicted octanol–water partition coefficient (Wildman–Crippen LogP) is 4.15. The molecule has 0 aliphatic rings. The Hall–Kier alpha value is -3.34. The number of halogens is 3. The number of aromatic nitrogens is 1. The highest BCUT2D eigenvalue weighted by atomic mass is 35.5. The molecule has 0 saturated carbocycles. The van der Waals surface area contributed by atoms with E-state index < -0.39 is 35.3 Å². The van der Waals surface area contributed by atoms with Gasteiger partial charge in [-0.1, -0.05) is 17.7 Å². The molecule has 0 bridgehead atoms. The van der Waals surface area contributed by atoms with Crippen molar-refractivity contribution >= 4 is 40.2 Å². The minimum absolute atomic E-state index is 0.0835. The molecule has 3 aromatic rings. The number of pyridine rings is 1. The van der Waals surface area contributed by atoms with Crippen molar-refractivity contribution in [2.75, 3.05) is 18.5 Å². The SMILES string of the molecule is CC(C)(O)C[C@@H](COC(=O)Nc1cc2cc(F)ccc2cn1)NC(=O)CNCc1ccc(F)cc1Cl. The zero-order valence-corrected chi connectivity index (χ0v) is 20.5. The highest BCUT2D eigenvalue weighted by Gasteiger charge is 2.23. The Morgan fingerprint density at radius 1 is 1.11 bits per heavy atom. The number of aliphatic hydroxyl groups is 1. The molecule has 3 rings (SSSR count). The van der Waals surface area contributed by atoms with Crippen molar-refractivity contribution in [3.05, 3.63) is 70.9 Å². The average Bonchev–Trinajstić information content (AvgIpc) is 2.77. The van der Waals surface area contributed by atoms with Gasteiger partial charge in [-0.05, 0) is 67.6 Å². The van der Waals surface area contributed by atoms with Gasteiger partial charge in [0, 0.05) is 23.2 Å². The van der Waals surface area contributed by atoms with E-state index in [2.05, 4.69) is 20.9 Å². The smallest absolute Gasteiger partial charge is 0.412 e. The van der Waals surface area contributed by atoms with E-state index in [1.807, 2.05) is 0 Å². The molecule has 192 valence electrons. The molecule has 0 aliphatic heterocycles. The number of fused-ring (bicyclic) bond motifs is 1. The Kier molecular flexibility index (Phi) is 9.14. The van der Waals surface area contributed by atoms with Crippen molar-refractivity contribution in [1.82, 2.24) is 15.6 Å². The molecule has 0 fully saturated rings. The summed E-state index contributed by atoms with van der Waals surface area (Å²) in [6.07, 6.45) is 0.786. The van der Waals surface area contributed by atoms with E-state index in [9.17, 15) is 23.5 Å². The van der Waals surface area contributed by atoms with Gasteiger partial charge in [-0.25, -0.2) is 18.6 Å². The maximum absolute atomic E-state index is 13.5. The molecule has 36 heavy (non-hydrogen) atoms. The van der Waals surface area contributed by atoms with E-state index in [0.29, 0.717) is 16.3 Å². The van der Waals surface area contributed by atoms with Crippen LogP contribution in [0.3, 0.4) is 0 Å². The van der Waals surface area contributed by atoms with Gasteiger partial charge in [0.2, 0.25) is 5.91 Å². The zero-order chi connectivity index (χ0) is 26.3. The average molecular weight is 521 g/mol. The van der Waals surface area contributed by atoms with Crippen molar-refractivity contribution in [3.8, 4) is 0 Å². The Balaban J connectivity index is 1.52. The molecular weight excluding hydrogens is 494 g/mol. The Bertz CT molecular complexity index is 1240. The number of anilines is 1. The van der Waals surface area contributed by atoms with E-state index in [1.165, 1.54) is 42.6 Å². The van der Waals surface area contributed by atoms with Gasteiger partial charge in [0.1, 0.15) is 24.1 Å². The number of benzene rings is 2. The molecule has 0 radical (unpaired) electrons. The van der Waals surface area contributed by atoms with Crippen molar-refractivity contribution in [1.29, 1.82) is 0 Å². The number of nitrogens with zero attached hydrogens (tertiary/aromatic N) is 1. The molecule has 4 N–H and O–H groups in total. The molecule has 8 nitrogen and oxygen atoms in total. The van der Waals surface area contributed by atoms with Crippen LogP contribution < -0.4 is 16.0 Å². The fourth-order valence-electron chi connectivity index (χ4n) is 3.51. The van der Waals surface area contributed by atoms with Gasteiger partial charge in [0.05, 0.1) is 18.2 Å². The van der Waals surface area contributed by atoms with E-state index in [-0.39, 0.29) is 37.0 Å². The highest BCUT2D eigenvalue weighted by molar-refractivity contribution is 6.31. The number of hydrogen-bond donors (Lipinski definition) is 4. The zero-order valence-electron chi connectivity index (χ0n) is 19.8. The van der Waals surface area contributed by atoms with Gasteiger partial charge < -0.3 is 20.5 Å². The van der Waals surface area contributed by atoms with Crippen molar-refractivity contribution in [2.45, 2.75) is 38.5 Å². The van der Waals surface area contributed by atoms with Crippen molar-refractivity contribution < 1.29 is 28.2 Å². The van der Waals surface area contributed by atoms with Crippen LogP contribution in [0.25, 0.3) is 10.8 Å². The number of amides is 2. The maximum atomic E-state index is 13.5. The molecule has 2 amide bonds. The Morgan fingerprint density at radius 2 is 1.83 bits per heavy atom. The number of ether oxygens (including phenoxy) is 1. The van der Waals surface area contributed by atoms with E-state index in [4.69, 9.17) is 16.3 Å². The van der Waals surface area contributed by atoms with E-state index >= 15 is 0 Å². The summed E-state index contributed by atoms with van der Waals surface area (Å²) < 4.78 is 31.9. The molecule has 0 spiro atoms. The van der Waals surface area contributed by atoms with Crippen LogP contribution >= 0.6 is 11.6 Å². The summed E-state index contributed by atoms with van der Waals surface area (Å²) in [5.41, 5.74) is -0.513. The number of carbonyl (C=O) groups is 2. The molecule has 2 aromatic carbocycles. The van der Waals surface area contributed by atoms with Crippen LogP contribution in [0.15, 0.2) is 48.7 Å². The fourth-order valence-corrected chi connectivity index (χ4v) is 3.74. The van der Waals surface area contributed by atoms with Gasteiger partial charge in [-0.15, -0.1) is 0 Å². The number of carbonyl (C=O) groups excluding carboxylic acids is 2. The third kappa shape index (κ3) is 8.71. The van der Waals surface area contributed by atoms with E-state index in [0.717, 1.165) is 0 Å². The molecule has 0 aliphatic carbocycles. The lowest BCUT2D eigenvalue weighted by Gasteiger charge is -2.25. The van der Waals surface area contributed by atoms with Crippen LogP contribution in [0.1, 0.15) is 25.8 Å². The summed E-state index contributed by atoms with van der Waals surface area (Å²) in [5.74, 6) is -1.09. The molecule has 0 saturated heterocycles. The first-order valence-corrected chi connectivity index (χ1v) is 11.5. The Morgan fingerprint density at radius 3 is 2.56 bits per heavy atom. The Labute approximate surface area is 212 Å². The summed E-state index contributed by atoms with van der Waals surface area (Å²) >= 11 is 5.98. The van der Waals surface area contributed by atoms with Crippen LogP contribution in [0.2, 0.25) is 5.02 Å². The molecule has 0 unspecified atom stereocenters. The maximum Gasteiger partial charge on any atom is 0.412 e. The molecule has 1 aromatic heterocycles. The second-order valence-electron chi connectivity index (χ2n) is 8.90. The largest absolute Gasteiger partial charge is 0.447 e. The number of hydrogen-bond acceptors (Lipinski definition) is 6. The van der Waals surface area contributed by atoms with Crippen LogP contribution in [0.4, 0.5) is 19.4 Å². The lowest BCUT2D eigenvalue weighted by atomic mass is 9.99. The van der Waals surface area contributed by atoms with Crippen LogP contribution in [0.5, 0.6) is 0 Å². The van der Waals surface area contributed by atoms with Gasteiger partial charge in [-0.3, -0.25) is 10.1 Å². The summed E-state index contributed by atoms with van der Waals surface area (Å²) in [6.45, 7) is 3.08. The molecular formula is C25H27ClF2N4O4. The second-order valence-corrected chi connectivity index (χ2v) is 9.31. The van der Waals surface area contributed by atoms with Gasteiger partial charge in [-0.2, -0.15) is 0 Å². The second kappa shape index (κ2) is 12.1. The molecule has 1 atom stereocenters. The fraction of sp³-hybridized carbons (Fsp3) is 0.320. The summed E-state index contributed by atoms with van der Waals surface area (Å²) in [6, 6.07) is 9.02. The van der Waals surface area contributed by atoms with Crippen LogP contribution in [-0.4, -0.2) is 46.9 Å². The molecule has 1 heterocycles. The minimum atomic E-state index is -1.14. The minimum Gasteiger partial charge on any atom is -0.447 e.